The van der Waals surface area contributed by atoms with Crippen LogP contribution in [0.2, 0.25) is 0 Å². The zero-order chi connectivity index (χ0) is 11.5. The molecule has 0 bridgehead atoms. The van der Waals surface area contributed by atoms with Gasteiger partial charge in [0.25, 0.3) is 0 Å². The summed E-state index contributed by atoms with van der Waals surface area (Å²) in [6.45, 7) is 4.39. The quantitative estimate of drug-likeness (QED) is 0.840. The van der Waals surface area contributed by atoms with Gasteiger partial charge in [-0.3, -0.25) is 0 Å². The first-order chi connectivity index (χ1) is 7.80. The predicted octanol–water partition coefficient (Wildman–Crippen LogP) is 3.07. The van der Waals surface area contributed by atoms with Crippen molar-refractivity contribution in [1.29, 1.82) is 0 Å². The maximum absolute atomic E-state index is 5.99. The molecule has 0 fully saturated rings. The van der Waals surface area contributed by atoms with Gasteiger partial charge in [0.2, 0.25) is 0 Å². The van der Waals surface area contributed by atoms with Gasteiger partial charge in [-0.25, -0.2) is 0 Å². The smallest absolute Gasteiger partial charge is 0.124 e. The van der Waals surface area contributed by atoms with Crippen molar-refractivity contribution in [1.82, 2.24) is 5.32 Å². The highest BCUT2D eigenvalue weighted by Crippen LogP contribution is 2.38. The lowest BCUT2D eigenvalue weighted by Crippen LogP contribution is -2.28. The van der Waals surface area contributed by atoms with Gasteiger partial charge in [0, 0.05) is 5.56 Å². The highest BCUT2D eigenvalue weighted by Gasteiger charge is 2.32. The number of fused-ring (bicyclic) bond motifs is 1. The van der Waals surface area contributed by atoms with Crippen LogP contribution in [0.3, 0.4) is 0 Å². The molecule has 88 valence electrons. The van der Waals surface area contributed by atoms with Crippen molar-refractivity contribution in [2.45, 2.75) is 45.3 Å². The third kappa shape index (κ3) is 1.94. The Morgan fingerprint density at radius 2 is 2.12 bits per heavy atom. The normalized spacial score (nSPS) is 22.9. The zero-order valence-corrected chi connectivity index (χ0v) is 10.4. The van der Waals surface area contributed by atoms with E-state index < -0.39 is 0 Å². The van der Waals surface area contributed by atoms with Gasteiger partial charge in [0.15, 0.2) is 0 Å². The summed E-state index contributed by atoms with van der Waals surface area (Å²) in [5.74, 6) is 1.06. The lowest BCUT2D eigenvalue weighted by Gasteiger charge is -2.17. The number of nitrogens with one attached hydrogen (secondary N) is 1. The van der Waals surface area contributed by atoms with Crippen molar-refractivity contribution in [3.63, 3.8) is 0 Å². The van der Waals surface area contributed by atoms with E-state index in [1.807, 2.05) is 7.05 Å². The third-order valence-corrected chi connectivity index (χ3v) is 3.35. The second-order valence-corrected chi connectivity index (χ2v) is 4.44. The van der Waals surface area contributed by atoms with Crippen LogP contribution in [0.25, 0.3) is 0 Å². The highest BCUT2D eigenvalue weighted by molar-refractivity contribution is 5.43. The average molecular weight is 219 g/mol. The number of benzene rings is 1. The summed E-state index contributed by atoms with van der Waals surface area (Å²) in [7, 11) is 2.02. The molecule has 0 spiro atoms. The molecule has 0 saturated heterocycles. The molecule has 1 aromatic carbocycles. The summed E-state index contributed by atoms with van der Waals surface area (Å²) >= 11 is 0. The van der Waals surface area contributed by atoms with Crippen molar-refractivity contribution in [3.8, 4) is 5.75 Å². The lowest BCUT2D eigenvalue weighted by molar-refractivity contribution is 0.182. The number of likely N-dealkylation sites (N-methyl/N-ethyl adjacent to an activating group) is 1. The molecule has 1 aliphatic rings. The Bertz CT molecular complexity index is 362. The molecule has 2 rings (SSSR count). The topological polar surface area (TPSA) is 21.3 Å². The fourth-order valence-electron chi connectivity index (χ4n) is 2.45. The highest BCUT2D eigenvalue weighted by atomic mass is 16.5. The number of rotatable bonds is 4. The third-order valence-electron chi connectivity index (χ3n) is 3.35. The summed E-state index contributed by atoms with van der Waals surface area (Å²) in [4.78, 5) is 0. The summed E-state index contributed by atoms with van der Waals surface area (Å²) in [5, 5.41) is 3.38. The van der Waals surface area contributed by atoms with Crippen LogP contribution in [0.15, 0.2) is 18.2 Å². The van der Waals surface area contributed by atoms with Crippen molar-refractivity contribution in [2.24, 2.45) is 0 Å². The Kier molecular flexibility index (Phi) is 3.49. The molecule has 0 saturated carbocycles. The van der Waals surface area contributed by atoms with Gasteiger partial charge in [-0.1, -0.05) is 32.4 Å². The molecule has 2 unspecified atom stereocenters. The Labute approximate surface area is 98.0 Å². The van der Waals surface area contributed by atoms with E-state index in [2.05, 4.69) is 37.4 Å². The number of hydrogen-bond donors (Lipinski definition) is 1. The van der Waals surface area contributed by atoms with E-state index in [0.717, 1.165) is 25.0 Å². The van der Waals surface area contributed by atoms with E-state index in [-0.39, 0.29) is 0 Å². The first kappa shape index (κ1) is 11.5. The maximum Gasteiger partial charge on any atom is 0.124 e. The Morgan fingerprint density at radius 1 is 1.31 bits per heavy atom. The minimum Gasteiger partial charge on any atom is -0.488 e. The Hall–Kier alpha value is -1.02. The first-order valence-corrected chi connectivity index (χ1v) is 6.26. The minimum absolute atomic E-state index is 0.303. The van der Waals surface area contributed by atoms with E-state index in [9.17, 15) is 0 Å². The molecular weight excluding hydrogens is 198 g/mol. The lowest BCUT2D eigenvalue weighted by atomic mass is 9.98. The largest absolute Gasteiger partial charge is 0.488 e. The van der Waals surface area contributed by atoms with E-state index in [4.69, 9.17) is 4.74 Å². The molecule has 1 heterocycles. The molecule has 0 amide bonds. The van der Waals surface area contributed by atoms with Crippen LogP contribution in [-0.4, -0.2) is 13.2 Å². The van der Waals surface area contributed by atoms with Crippen LogP contribution in [0.4, 0.5) is 0 Å². The molecule has 16 heavy (non-hydrogen) atoms. The molecule has 2 nitrogen and oxygen atoms in total. The molecule has 1 aliphatic heterocycles. The van der Waals surface area contributed by atoms with E-state index in [0.29, 0.717) is 12.1 Å². The van der Waals surface area contributed by atoms with Crippen molar-refractivity contribution in [3.05, 3.63) is 29.3 Å². The van der Waals surface area contributed by atoms with Gasteiger partial charge in [-0.05, 0) is 31.5 Å². The van der Waals surface area contributed by atoms with Crippen LogP contribution in [0.5, 0.6) is 5.75 Å². The number of hydrogen-bond acceptors (Lipinski definition) is 2. The van der Waals surface area contributed by atoms with Crippen LogP contribution in [0.1, 0.15) is 43.9 Å². The fourth-order valence-corrected chi connectivity index (χ4v) is 2.45. The van der Waals surface area contributed by atoms with E-state index in [1.54, 1.807) is 0 Å². The molecule has 0 aliphatic carbocycles. The Morgan fingerprint density at radius 3 is 2.75 bits per heavy atom. The average Bonchev–Trinajstić information content (AvgIpc) is 2.65. The van der Waals surface area contributed by atoms with Crippen LogP contribution < -0.4 is 10.1 Å². The van der Waals surface area contributed by atoms with Gasteiger partial charge in [-0.15, -0.1) is 0 Å². The molecule has 2 heteroatoms. The van der Waals surface area contributed by atoms with Gasteiger partial charge >= 0.3 is 0 Å². The Balaban J connectivity index is 2.28. The molecule has 1 aromatic rings. The molecular formula is C14H21NO. The summed E-state index contributed by atoms with van der Waals surface area (Å²) in [6.07, 6.45) is 3.67. The SMILES string of the molecule is CCCC1Oc2ccc(CC)cc2C1NC. The summed E-state index contributed by atoms with van der Waals surface area (Å²) < 4.78 is 5.99. The minimum atomic E-state index is 0.303. The number of ether oxygens (including phenoxy) is 1. The molecule has 1 N–H and O–H groups in total. The van der Waals surface area contributed by atoms with E-state index in [1.165, 1.54) is 11.1 Å². The van der Waals surface area contributed by atoms with Gasteiger partial charge in [0.05, 0.1) is 6.04 Å². The van der Waals surface area contributed by atoms with Gasteiger partial charge in [-0.2, -0.15) is 0 Å². The monoisotopic (exact) mass is 219 g/mol. The molecule has 0 radical (unpaired) electrons. The van der Waals surface area contributed by atoms with Crippen molar-refractivity contribution >= 4 is 0 Å². The van der Waals surface area contributed by atoms with Gasteiger partial charge < -0.3 is 10.1 Å². The molecule has 2 atom stereocenters. The second kappa shape index (κ2) is 4.88. The fraction of sp³-hybridized carbons (Fsp3) is 0.571. The maximum atomic E-state index is 5.99. The van der Waals surface area contributed by atoms with E-state index >= 15 is 0 Å². The summed E-state index contributed by atoms with van der Waals surface area (Å²) in [5.41, 5.74) is 2.72. The van der Waals surface area contributed by atoms with Crippen LogP contribution >= 0.6 is 0 Å². The predicted molar refractivity (Wildman–Crippen MR) is 66.9 cm³/mol. The first-order valence-electron chi connectivity index (χ1n) is 6.26. The van der Waals surface area contributed by atoms with Gasteiger partial charge in [0.1, 0.15) is 11.9 Å². The second-order valence-electron chi connectivity index (χ2n) is 4.44. The van der Waals surface area contributed by atoms with Crippen molar-refractivity contribution in [2.75, 3.05) is 7.05 Å². The summed E-state index contributed by atoms with van der Waals surface area (Å²) in [6, 6.07) is 6.93. The zero-order valence-electron chi connectivity index (χ0n) is 10.4. The van der Waals surface area contributed by atoms with Crippen LogP contribution in [-0.2, 0) is 6.42 Å². The van der Waals surface area contributed by atoms with Crippen LogP contribution in [0, 0.1) is 0 Å². The standard InChI is InChI=1S/C14H21NO/c1-4-6-13-14(15-3)11-9-10(5-2)7-8-12(11)16-13/h7-9,13-15H,4-6H2,1-3H3. The number of aryl methyl sites for hydroxylation is 1. The van der Waals surface area contributed by atoms with Crippen molar-refractivity contribution < 1.29 is 4.74 Å². The molecule has 0 aromatic heterocycles.